The first kappa shape index (κ1) is 18.7. The maximum absolute atomic E-state index is 12.6. The summed E-state index contributed by atoms with van der Waals surface area (Å²) < 4.78 is 6.25. The van der Waals surface area contributed by atoms with Gasteiger partial charge in [-0.2, -0.15) is 0 Å². The van der Waals surface area contributed by atoms with Crippen molar-refractivity contribution in [3.05, 3.63) is 46.4 Å². The van der Waals surface area contributed by atoms with Gasteiger partial charge in [-0.1, -0.05) is 48.6 Å². The van der Waals surface area contributed by atoms with E-state index in [4.69, 9.17) is 17.0 Å². The molecule has 0 saturated carbocycles. The van der Waals surface area contributed by atoms with Crippen LogP contribution in [-0.4, -0.2) is 34.2 Å². The summed E-state index contributed by atoms with van der Waals surface area (Å²) in [5.74, 6) is -0.295. The SMILES string of the molecule is O=C([O-])CCCCCN1C(=O)/C(=C/C2=Cc3ccccc3OC2)SC1=S. The predicted molar refractivity (Wildman–Crippen MR) is 103 cm³/mol. The third kappa shape index (κ3) is 4.53. The Morgan fingerprint density at radius 1 is 1.31 bits per heavy atom. The van der Waals surface area contributed by atoms with Gasteiger partial charge in [-0.3, -0.25) is 9.69 Å². The molecule has 0 N–H and O–H groups in total. The van der Waals surface area contributed by atoms with Crippen LogP contribution in [0.2, 0.25) is 0 Å². The second-order valence-electron chi connectivity index (χ2n) is 6.06. The van der Waals surface area contributed by atoms with Gasteiger partial charge in [0.25, 0.3) is 5.91 Å². The quantitative estimate of drug-likeness (QED) is 0.406. The van der Waals surface area contributed by atoms with Crippen molar-refractivity contribution in [3.63, 3.8) is 0 Å². The van der Waals surface area contributed by atoms with Crippen LogP contribution in [0.1, 0.15) is 31.2 Å². The first-order valence-electron chi connectivity index (χ1n) is 8.42. The molecule has 2 heterocycles. The fraction of sp³-hybridized carbons (Fsp3) is 0.316. The summed E-state index contributed by atoms with van der Waals surface area (Å²) in [5, 5.41) is 10.4. The van der Waals surface area contributed by atoms with Crippen molar-refractivity contribution < 1.29 is 19.4 Å². The van der Waals surface area contributed by atoms with Crippen molar-refractivity contribution in [1.82, 2.24) is 4.90 Å². The van der Waals surface area contributed by atoms with Crippen LogP contribution in [0.25, 0.3) is 6.08 Å². The lowest BCUT2D eigenvalue weighted by atomic mass is 10.1. The molecule has 0 radical (unpaired) electrons. The molecule has 2 aliphatic rings. The molecule has 5 nitrogen and oxygen atoms in total. The summed E-state index contributed by atoms with van der Waals surface area (Å²) in [7, 11) is 0. The van der Waals surface area contributed by atoms with Crippen molar-refractivity contribution in [1.29, 1.82) is 0 Å². The molecular formula is C19H18NO4S2-. The fourth-order valence-electron chi connectivity index (χ4n) is 2.79. The molecule has 0 aromatic heterocycles. The standard InChI is InChI=1S/C19H19NO4S2/c21-17(22)8-2-1-5-9-20-18(23)16(26-19(20)25)11-13-10-14-6-3-4-7-15(14)24-12-13/h3-4,6-7,10-11H,1-2,5,8-9,12H2,(H,21,22)/p-1/b16-11-. The van der Waals surface area contributed by atoms with Crippen molar-refractivity contribution in [2.75, 3.05) is 13.2 Å². The highest BCUT2D eigenvalue weighted by molar-refractivity contribution is 8.26. The topological polar surface area (TPSA) is 69.7 Å². The van der Waals surface area contributed by atoms with E-state index in [1.54, 1.807) is 4.90 Å². The Morgan fingerprint density at radius 2 is 2.12 bits per heavy atom. The average Bonchev–Trinajstić information content (AvgIpc) is 2.88. The lowest BCUT2D eigenvalue weighted by Gasteiger charge is -2.16. The Hall–Kier alpha value is -2.12. The molecule has 136 valence electrons. The van der Waals surface area contributed by atoms with Gasteiger partial charge in [0.2, 0.25) is 0 Å². The van der Waals surface area contributed by atoms with Crippen molar-refractivity contribution in [2.45, 2.75) is 25.7 Å². The minimum Gasteiger partial charge on any atom is -0.550 e. The average molecular weight is 388 g/mol. The summed E-state index contributed by atoms with van der Waals surface area (Å²) in [6.07, 6.45) is 5.90. The number of hydrogen-bond donors (Lipinski definition) is 0. The molecule has 0 atom stereocenters. The number of benzene rings is 1. The van der Waals surface area contributed by atoms with Crippen molar-refractivity contribution in [2.24, 2.45) is 0 Å². The van der Waals surface area contributed by atoms with Crippen LogP contribution >= 0.6 is 24.0 Å². The van der Waals surface area contributed by atoms with Crippen molar-refractivity contribution in [3.8, 4) is 5.75 Å². The summed E-state index contributed by atoms with van der Waals surface area (Å²) >= 11 is 6.61. The molecule has 1 aromatic rings. The zero-order valence-corrected chi connectivity index (χ0v) is 15.7. The Labute approximate surface area is 161 Å². The van der Waals surface area contributed by atoms with E-state index >= 15 is 0 Å². The zero-order chi connectivity index (χ0) is 18.5. The number of unbranched alkanes of at least 4 members (excludes halogenated alkanes) is 2. The number of carbonyl (C=O) groups is 2. The van der Waals surface area contributed by atoms with Gasteiger partial charge in [0, 0.05) is 18.1 Å². The van der Waals surface area contributed by atoms with Crippen LogP contribution in [-0.2, 0) is 9.59 Å². The number of aliphatic carboxylic acids is 1. The van der Waals surface area contributed by atoms with Crippen LogP contribution < -0.4 is 9.84 Å². The third-order valence-corrected chi connectivity index (χ3v) is 5.48. The molecule has 26 heavy (non-hydrogen) atoms. The third-order valence-electron chi connectivity index (χ3n) is 4.11. The van der Waals surface area contributed by atoms with Gasteiger partial charge in [-0.25, -0.2) is 0 Å². The number of rotatable bonds is 7. The first-order valence-corrected chi connectivity index (χ1v) is 9.64. The van der Waals surface area contributed by atoms with E-state index in [0.29, 0.717) is 35.2 Å². The molecule has 0 bridgehead atoms. The summed E-state index contributed by atoms with van der Waals surface area (Å²) in [4.78, 5) is 25.2. The molecule has 2 aliphatic heterocycles. The predicted octanol–water partition coefficient (Wildman–Crippen LogP) is 2.52. The van der Waals surface area contributed by atoms with Crippen LogP contribution in [0.4, 0.5) is 0 Å². The first-order chi connectivity index (χ1) is 12.5. The normalized spacial score (nSPS) is 17.9. The molecule has 3 rings (SSSR count). The number of nitrogens with zero attached hydrogens (tertiary/aromatic N) is 1. The van der Waals surface area contributed by atoms with E-state index in [0.717, 1.165) is 23.3 Å². The minimum atomic E-state index is -1.04. The number of fused-ring (bicyclic) bond motifs is 1. The van der Waals surface area contributed by atoms with Gasteiger partial charge < -0.3 is 14.6 Å². The highest BCUT2D eigenvalue weighted by Crippen LogP contribution is 2.34. The number of carbonyl (C=O) groups excluding carboxylic acids is 2. The number of hydrogen-bond acceptors (Lipinski definition) is 6. The second-order valence-corrected chi connectivity index (χ2v) is 7.74. The van der Waals surface area contributed by atoms with Crippen molar-refractivity contribution >= 4 is 46.3 Å². The molecule has 7 heteroatoms. The van der Waals surface area contributed by atoms with Gasteiger partial charge in [-0.15, -0.1) is 0 Å². The molecule has 0 aliphatic carbocycles. The van der Waals surface area contributed by atoms with E-state index in [-0.39, 0.29) is 12.3 Å². The molecule has 1 aromatic carbocycles. The van der Waals surface area contributed by atoms with Gasteiger partial charge in [-0.05, 0) is 43.1 Å². The van der Waals surface area contributed by atoms with Crippen LogP contribution in [0.15, 0.2) is 40.8 Å². The van der Waals surface area contributed by atoms with Gasteiger partial charge in [0.05, 0.1) is 4.91 Å². The van der Waals surface area contributed by atoms with E-state index in [2.05, 4.69) is 0 Å². The number of amides is 1. The summed E-state index contributed by atoms with van der Waals surface area (Å²) in [5.41, 5.74) is 1.92. The van der Waals surface area contributed by atoms with Gasteiger partial charge in [0.15, 0.2) is 0 Å². The Morgan fingerprint density at radius 3 is 2.92 bits per heavy atom. The number of carboxylic acids is 1. The van der Waals surface area contributed by atoms with E-state index in [9.17, 15) is 14.7 Å². The Kier molecular flexibility index (Phi) is 6.11. The molecule has 0 spiro atoms. The van der Waals surface area contributed by atoms with Crippen LogP contribution in [0.5, 0.6) is 5.75 Å². The van der Waals surface area contributed by atoms with E-state index < -0.39 is 5.97 Å². The maximum atomic E-state index is 12.6. The van der Waals surface area contributed by atoms with E-state index in [1.807, 2.05) is 36.4 Å². The molecular weight excluding hydrogens is 370 g/mol. The van der Waals surface area contributed by atoms with Gasteiger partial charge >= 0.3 is 0 Å². The number of thiocarbonyl (C=S) groups is 1. The van der Waals surface area contributed by atoms with Crippen LogP contribution in [0.3, 0.4) is 0 Å². The molecule has 1 amide bonds. The fourth-order valence-corrected chi connectivity index (χ4v) is 4.12. The smallest absolute Gasteiger partial charge is 0.266 e. The molecule has 0 unspecified atom stereocenters. The monoisotopic (exact) mass is 388 g/mol. The van der Waals surface area contributed by atoms with Gasteiger partial charge in [0.1, 0.15) is 16.7 Å². The second kappa shape index (κ2) is 8.51. The zero-order valence-electron chi connectivity index (χ0n) is 14.1. The summed E-state index contributed by atoms with van der Waals surface area (Å²) in [6.45, 7) is 0.928. The highest BCUT2D eigenvalue weighted by Gasteiger charge is 2.31. The number of ether oxygens (including phenoxy) is 1. The maximum Gasteiger partial charge on any atom is 0.266 e. The lowest BCUT2D eigenvalue weighted by molar-refractivity contribution is -0.305. The molecule has 1 saturated heterocycles. The summed E-state index contributed by atoms with van der Waals surface area (Å²) in [6, 6.07) is 7.76. The van der Waals surface area contributed by atoms with Crippen LogP contribution in [0, 0.1) is 0 Å². The van der Waals surface area contributed by atoms with E-state index in [1.165, 1.54) is 11.8 Å². The molecule has 1 fully saturated rings. The minimum absolute atomic E-state index is 0.0495. The Bertz CT molecular complexity index is 800. The Balaban J connectivity index is 1.61. The highest BCUT2D eigenvalue weighted by atomic mass is 32.2. The lowest BCUT2D eigenvalue weighted by Crippen LogP contribution is -2.29. The number of thioether (sulfide) groups is 1. The number of carboxylic acid groups (broad SMARTS) is 1. The number of para-hydroxylation sites is 1. The largest absolute Gasteiger partial charge is 0.550 e.